The van der Waals surface area contributed by atoms with Gasteiger partial charge in [0, 0.05) is 25.2 Å². The van der Waals surface area contributed by atoms with Gasteiger partial charge in [0.25, 0.3) is 0 Å². The number of hydrogen-bond acceptors (Lipinski definition) is 4. The van der Waals surface area contributed by atoms with Gasteiger partial charge in [-0.05, 0) is 44.2 Å². The molecule has 6 heteroatoms. The Balaban J connectivity index is 1.40. The van der Waals surface area contributed by atoms with Gasteiger partial charge in [-0.3, -0.25) is 4.40 Å². The van der Waals surface area contributed by atoms with Crippen LogP contribution in [-0.4, -0.2) is 44.8 Å². The maximum atomic E-state index is 12.1. The van der Waals surface area contributed by atoms with Crippen molar-refractivity contribution in [3.05, 3.63) is 30.2 Å². The molecule has 0 bridgehead atoms. The molecule has 1 saturated heterocycles. The van der Waals surface area contributed by atoms with Crippen molar-refractivity contribution in [3.8, 4) is 0 Å². The van der Waals surface area contributed by atoms with E-state index in [0.717, 1.165) is 50.2 Å². The Morgan fingerprint density at radius 3 is 2.68 bits per heavy atom. The lowest BCUT2D eigenvalue weighted by Crippen LogP contribution is -2.41. The van der Waals surface area contributed by atoms with E-state index >= 15 is 0 Å². The van der Waals surface area contributed by atoms with E-state index in [4.69, 9.17) is 4.74 Å². The molecular formula is C16H20N4O2. The number of likely N-dealkylation sites (tertiary alicyclic amines) is 1. The van der Waals surface area contributed by atoms with E-state index in [1.54, 1.807) is 0 Å². The molecule has 0 spiro atoms. The van der Waals surface area contributed by atoms with Crippen molar-refractivity contribution in [3.63, 3.8) is 0 Å². The quantitative estimate of drug-likeness (QED) is 0.855. The lowest BCUT2D eigenvalue weighted by atomic mass is 9.95. The summed E-state index contributed by atoms with van der Waals surface area (Å²) in [5, 5.41) is 8.55. The Morgan fingerprint density at radius 2 is 1.95 bits per heavy atom. The second kappa shape index (κ2) is 5.59. The Bertz CT molecular complexity index is 672. The molecule has 1 aliphatic carbocycles. The fraction of sp³-hybridized carbons (Fsp3) is 0.562. The second-order valence-corrected chi connectivity index (χ2v) is 6.19. The smallest absolute Gasteiger partial charge is 0.410 e. The molecule has 116 valence electrons. The highest BCUT2D eigenvalue weighted by atomic mass is 16.6. The number of hydrogen-bond donors (Lipinski definition) is 0. The molecule has 1 aliphatic heterocycles. The lowest BCUT2D eigenvalue weighted by molar-refractivity contribution is 0.0224. The molecule has 22 heavy (non-hydrogen) atoms. The van der Waals surface area contributed by atoms with Gasteiger partial charge in [-0.15, -0.1) is 10.2 Å². The Hall–Kier alpha value is -2.11. The number of rotatable bonds is 2. The zero-order valence-corrected chi connectivity index (χ0v) is 12.5. The van der Waals surface area contributed by atoms with Crippen LogP contribution in [-0.2, 0) is 4.74 Å². The minimum atomic E-state index is -0.144. The van der Waals surface area contributed by atoms with Crippen LogP contribution in [0.15, 0.2) is 24.4 Å². The van der Waals surface area contributed by atoms with Gasteiger partial charge in [0.05, 0.1) is 0 Å². The third kappa shape index (κ3) is 2.42. The summed E-state index contributed by atoms with van der Waals surface area (Å²) in [6, 6.07) is 5.92. The summed E-state index contributed by atoms with van der Waals surface area (Å²) in [5.74, 6) is 1.35. The lowest BCUT2D eigenvalue weighted by Gasteiger charge is -2.33. The summed E-state index contributed by atoms with van der Waals surface area (Å²) in [6.07, 6.45) is 7.06. The number of fused-ring (bicyclic) bond motifs is 1. The highest BCUT2D eigenvalue weighted by molar-refractivity contribution is 5.68. The fourth-order valence-corrected chi connectivity index (χ4v) is 3.16. The van der Waals surface area contributed by atoms with Crippen molar-refractivity contribution >= 4 is 11.7 Å². The minimum absolute atomic E-state index is 0.144. The first-order chi connectivity index (χ1) is 10.8. The number of carbonyl (C=O) groups is 1. The van der Waals surface area contributed by atoms with Crippen molar-refractivity contribution in [1.82, 2.24) is 19.5 Å². The average molecular weight is 300 g/mol. The number of pyridine rings is 1. The third-order valence-electron chi connectivity index (χ3n) is 4.78. The van der Waals surface area contributed by atoms with Gasteiger partial charge < -0.3 is 9.64 Å². The van der Waals surface area contributed by atoms with Crippen LogP contribution in [0, 0.1) is 0 Å². The molecule has 1 amide bonds. The first-order valence-electron chi connectivity index (χ1n) is 8.06. The predicted molar refractivity (Wildman–Crippen MR) is 80.7 cm³/mol. The number of ether oxygens (including phenoxy) is 1. The van der Waals surface area contributed by atoms with Crippen LogP contribution in [0.25, 0.3) is 5.65 Å². The first-order valence-corrected chi connectivity index (χ1v) is 8.06. The van der Waals surface area contributed by atoms with E-state index < -0.39 is 0 Å². The van der Waals surface area contributed by atoms with Crippen molar-refractivity contribution in [2.24, 2.45) is 0 Å². The molecule has 1 saturated carbocycles. The first kappa shape index (κ1) is 13.5. The molecule has 0 N–H and O–H groups in total. The molecule has 0 radical (unpaired) electrons. The molecule has 4 rings (SSSR count). The Kier molecular flexibility index (Phi) is 3.44. The maximum Gasteiger partial charge on any atom is 0.410 e. The van der Waals surface area contributed by atoms with E-state index in [2.05, 4.69) is 10.2 Å². The monoisotopic (exact) mass is 300 g/mol. The van der Waals surface area contributed by atoms with E-state index in [1.807, 2.05) is 33.7 Å². The van der Waals surface area contributed by atoms with Crippen LogP contribution < -0.4 is 0 Å². The van der Waals surface area contributed by atoms with Crippen LogP contribution in [0.2, 0.25) is 0 Å². The third-order valence-corrected chi connectivity index (χ3v) is 4.78. The molecule has 2 fully saturated rings. The van der Waals surface area contributed by atoms with Crippen molar-refractivity contribution in [2.45, 2.75) is 44.1 Å². The zero-order valence-electron chi connectivity index (χ0n) is 12.5. The molecular weight excluding hydrogens is 280 g/mol. The number of piperidine rings is 1. The van der Waals surface area contributed by atoms with Crippen molar-refractivity contribution in [2.75, 3.05) is 13.1 Å². The SMILES string of the molecule is O=C(OC1CCC1)N1CCC(c2nnc3ccccn23)CC1. The fourth-order valence-electron chi connectivity index (χ4n) is 3.16. The number of aromatic nitrogens is 3. The van der Waals surface area contributed by atoms with Crippen molar-refractivity contribution < 1.29 is 9.53 Å². The van der Waals surface area contributed by atoms with E-state index in [1.165, 1.54) is 6.42 Å². The van der Waals surface area contributed by atoms with Crippen LogP contribution in [0.4, 0.5) is 4.79 Å². The van der Waals surface area contributed by atoms with Crippen LogP contribution in [0.5, 0.6) is 0 Å². The molecule has 6 nitrogen and oxygen atoms in total. The van der Waals surface area contributed by atoms with E-state index in [9.17, 15) is 4.79 Å². The van der Waals surface area contributed by atoms with Gasteiger partial charge in [-0.2, -0.15) is 0 Å². The summed E-state index contributed by atoms with van der Waals surface area (Å²) < 4.78 is 7.52. The molecule has 2 aliphatic rings. The average Bonchev–Trinajstić information content (AvgIpc) is 2.95. The van der Waals surface area contributed by atoms with E-state index in [0.29, 0.717) is 5.92 Å². The highest BCUT2D eigenvalue weighted by Crippen LogP contribution is 2.28. The van der Waals surface area contributed by atoms with Gasteiger partial charge in [0.1, 0.15) is 11.9 Å². The van der Waals surface area contributed by atoms with Crippen LogP contribution in [0.3, 0.4) is 0 Å². The molecule has 3 heterocycles. The normalized spacial score (nSPS) is 20.1. The molecule has 0 aromatic carbocycles. The summed E-state index contributed by atoms with van der Waals surface area (Å²) in [4.78, 5) is 13.9. The standard InChI is InChI=1S/C16H20N4O2/c21-16(22-13-4-3-5-13)19-10-7-12(8-11-19)15-18-17-14-6-1-2-9-20(14)15/h1-2,6,9,12-13H,3-5,7-8,10-11H2. The Morgan fingerprint density at radius 1 is 1.14 bits per heavy atom. The van der Waals surface area contributed by atoms with Gasteiger partial charge in [0.15, 0.2) is 5.65 Å². The van der Waals surface area contributed by atoms with E-state index in [-0.39, 0.29) is 12.2 Å². The van der Waals surface area contributed by atoms with Gasteiger partial charge in [-0.25, -0.2) is 4.79 Å². The second-order valence-electron chi connectivity index (χ2n) is 6.19. The molecule has 2 aromatic heterocycles. The minimum Gasteiger partial charge on any atom is -0.446 e. The summed E-state index contributed by atoms with van der Waals surface area (Å²) in [7, 11) is 0. The highest BCUT2D eigenvalue weighted by Gasteiger charge is 2.30. The zero-order chi connectivity index (χ0) is 14.9. The van der Waals surface area contributed by atoms with Crippen molar-refractivity contribution in [1.29, 1.82) is 0 Å². The van der Waals surface area contributed by atoms with Gasteiger partial charge >= 0.3 is 6.09 Å². The number of nitrogens with zero attached hydrogens (tertiary/aromatic N) is 4. The van der Waals surface area contributed by atoms with Crippen LogP contribution >= 0.6 is 0 Å². The number of amides is 1. The summed E-state index contributed by atoms with van der Waals surface area (Å²) in [5.41, 5.74) is 0.879. The largest absolute Gasteiger partial charge is 0.446 e. The number of carbonyl (C=O) groups excluding carboxylic acids is 1. The molecule has 2 aromatic rings. The van der Waals surface area contributed by atoms with Crippen LogP contribution in [0.1, 0.15) is 43.8 Å². The maximum absolute atomic E-state index is 12.1. The summed E-state index contributed by atoms with van der Waals surface area (Å²) in [6.45, 7) is 1.47. The topological polar surface area (TPSA) is 59.7 Å². The molecule has 0 atom stereocenters. The summed E-state index contributed by atoms with van der Waals surface area (Å²) >= 11 is 0. The van der Waals surface area contributed by atoms with Gasteiger partial charge in [-0.1, -0.05) is 6.07 Å². The van der Waals surface area contributed by atoms with Gasteiger partial charge in [0.2, 0.25) is 0 Å². The molecule has 0 unspecified atom stereocenters. The Labute approximate surface area is 129 Å². The predicted octanol–water partition coefficient (Wildman–Crippen LogP) is 2.60.